The van der Waals surface area contributed by atoms with Crippen LogP contribution in [0.2, 0.25) is 0 Å². The molecular weight excluding hydrogens is 320 g/mol. The molecule has 2 aliphatic rings. The van der Waals surface area contributed by atoms with E-state index in [-0.39, 0.29) is 11.9 Å². The molecule has 25 heavy (non-hydrogen) atoms. The zero-order chi connectivity index (χ0) is 18.0. The fourth-order valence-corrected chi connectivity index (χ4v) is 2.83. The highest BCUT2D eigenvalue weighted by molar-refractivity contribution is 6.35. The Morgan fingerprint density at radius 1 is 1.04 bits per heavy atom. The Morgan fingerprint density at radius 2 is 1.68 bits per heavy atom. The Bertz CT molecular complexity index is 677. The Balaban J connectivity index is 1.56. The van der Waals surface area contributed by atoms with Crippen molar-refractivity contribution >= 4 is 23.4 Å². The van der Waals surface area contributed by atoms with Gasteiger partial charge in [-0.05, 0) is 31.0 Å². The van der Waals surface area contributed by atoms with Crippen molar-refractivity contribution in [2.24, 2.45) is 0 Å². The van der Waals surface area contributed by atoms with Gasteiger partial charge in [0.25, 0.3) is 5.91 Å². The average molecular weight is 344 g/mol. The zero-order valence-corrected chi connectivity index (χ0v) is 14.7. The minimum atomic E-state index is -0.527. The number of hydrogen-bond donors (Lipinski definition) is 1. The maximum Gasteiger partial charge on any atom is 0.312 e. The molecule has 0 bridgehead atoms. The number of nitrogens with zero attached hydrogens (tertiary/aromatic N) is 3. The highest BCUT2D eigenvalue weighted by Gasteiger charge is 2.31. The summed E-state index contributed by atoms with van der Waals surface area (Å²) >= 11 is 0. The molecule has 7 nitrogen and oxygen atoms in total. The van der Waals surface area contributed by atoms with Crippen molar-refractivity contribution < 1.29 is 14.4 Å². The Labute approximate surface area is 147 Å². The summed E-state index contributed by atoms with van der Waals surface area (Å²) in [4.78, 5) is 41.8. The van der Waals surface area contributed by atoms with Gasteiger partial charge in [-0.3, -0.25) is 14.4 Å². The third kappa shape index (κ3) is 4.10. The number of rotatable bonds is 3. The third-order valence-corrected chi connectivity index (χ3v) is 4.57. The van der Waals surface area contributed by atoms with Crippen LogP contribution in [0.3, 0.4) is 0 Å². The normalized spacial score (nSPS) is 17.2. The molecule has 1 aliphatic heterocycles. The standard InChI is InChI=1S/C18H24N4O3/c1-20(2)15-5-3-4-13(12-15)17(24)21-8-10-22(11-9-21)18(25)16(23)19-14-6-7-14/h3-5,12,14H,6-11H2,1-2H3,(H,19,23). The molecule has 0 atom stereocenters. The van der Waals surface area contributed by atoms with E-state index in [1.54, 1.807) is 11.0 Å². The van der Waals surface area contributed by atoms with Crippen molar-refractivity contribution in [2.75, 3.05) is 45.2 Å². The molecule has 0 radical (unpaired) electrons. The molecule has 0 unspecified atom stereocenters. The molecule has 1 N–H and O–H groups in total. The summed E-state index contributed by atoms with van der Waals surface area (Å²) in [7, 11) is 3.86. The smallest absolute Gasteiger partial charge is 0.312 e. The van der Waals surface area contributed by atoms with Crippen molar-refractivity contribution in [3.05, 3.63) is 29.8 Å². The van der Waals surface area contributed by atoms with Crippen LogP contribution in [-0.2, 0) is 9.59 Å². The number of carbonyl (C=O) groups excluding carboxylic acids is 3. The highest BCUT2D eigenvalue weighted by atomic mass is 16.2. The van der Waals surface area contributed by atoms with Crippen LogP contribution in [0, 0.1) is 0 Å². The predicted octanol–water partition coefficient (Wildman–Crippen LogP) is 0.316. The van der Waals surface area contributed by atoms with E-state index in [9.17, 15) is 14.4 Å². The van der Waals surface area contributed by atoms with Gasteiger partial charge in [0.15, 0.2) is 0 Å². The zero-order valence-electron chi connectivity index (χ0n) is 14.7. The molecule has 134 valence electrons. The number of nitrogens with one attached hydrogen (secondary N) is 1. The lowest BCUT2D eigenvalue weighted by Gasteiger charge is -2.34. The summed E-state index contributed by atoms with van der Waals surface area (Å²) in [5.41, 5.74) is 1.61. The topological polar surface area (TPSA) is 73.0 Å². The molecule has 1 aromatic rings. The molecule has 1 saturated carbocycles. The van der Waals surface area contributed by atoms with Gasteiger partial charge in [-0.2, -0.15) is 0 Å². The highest BCUT2D eigenvalue weighted by Crippen LogP contribution is 2.19. The Kier molecular flexibility index (Phi) is 4.92. The van der Waals surface area contributed by atoms with Gasteiger partial charge in [-0.15, -0.1) is 0 Å². The average Bonchev–Trinajstić information content (AvgIpc) is 3.44. The Morgan fingerprint density at radius 3 is 2.28 bits per heavy atom. The van der Waals surface area contributed by atoms with E-state index < -0.39 is 11.8 Å². The molecule has 0 aromatic heterocycles. The molecule has 7 heteroatoms. The van der Waals surface area contributed by atoms with Gasteiger partial charge < -0.3 is 20.0 Å². The van der Waals surface area contributed by atoms with Crippen LogP contribution in [0.15, 0.2) is 24.3 Å². The van der Waals surface area contributed by atoms with Crippen molar-refractivity contribution in [3.8, 4) is 0 Å². The summed E-state index contributed by atoms with van der Waals surface area (Å²) in [6, 6.07) is 7.65. The van der Waals surface area contributed by atoms with E-state index in [1.807, 2.05) is 37.2 Å². The van der Waals surface area contributed by atoms with E-state index >= 15 is 0 Å². The van der Waals surface area contributed by atoms with Crippen molar-refractivity contribution in [3.63, 3.8) is 0 Å². The first-order valence-corrected chi connectivity index (χ1v) is 8.62. The number of anilines is 1. The van der Waals surface area contributed by atoms with E-state index in [0.29, 0.717) is 31.7 Å². The van der Waals surface area contributed by atoms with Crippen LogP contribution in [0.1, 0.15) is 23.2 Å². The summed E-state index contributed by atoms with van der Waals surface area (Å²) in [5.74, 6) is -1.06. The van der Waals surface area contributed by atoms with E-state index in [2.05, 4.69) is 5.32 Å². The van der Waals surface area contributed by atoms with Crippen LogP contribution in [-0.4, -0.2) is 73.8 Å². The monoisotopic (exact) mass is 344 g/mol. The third-order valence-electron chi connectivity index (χ3n) is 4.57. The number of hydrogen-bond acceptors (Lipinski definition) is 4. The fourth-order valence-electron chi connectivity index (χ4n) is 2.83. The molecule has 3 rings (SSSR count). The largest absolute Gasteiger partial charge is 0.378 e. The second-order valence-corrected chi connectivity index (χ2v) is 6.78. The SMILES string of the molecule is CN(C)c1cccc(C(=O)N2CCN(C(=O)C(=O)NC3CC3)CC2)c1. The molecule has 0 spiro atoms. The molecular formula is C18H24N4O3. The number of carbonyl (C=O) groups is 3. The van der Waals surface area contributed by atoms with Crippen LogP contribution in [0.25, 0.3) is 0 Å². The Hall–Kier alpha value is -2.57. The number of amides is 3. The second kappa shape index (κ2) is 7.13. The maximum absolute atomic E-state index is 12.7. The van der Waals surface area contributed by atoms with Gasteiger partial charge in [0.1, 0.15) is 0 Å². The van der Waals surface area contributed by atoms with Crippen LogP contribution >= 0.6 is 0 Å². The lowest BCUT2D eigenvalue weighted by Crippen LogP contribution is -2.54. The van der Waals surface area contributed by atoms with Crippen molar-refractivity contribution in [1.82, 2.24) is 15.1 Å². The van der Waals surface area contributed by atoms with Crippen LogP contribution < -0.4 is 10.2 Å². The molecule has 3 amide bonds. The van der Waals surface area contributed by atoms with E-state index in [0.717, 1.165) is 18.5 Å². The first-order valence-electron chi connectivity index (χ1n) is 8.62. The van der Waals surface area contributed by atoms with Gasteiger partial charge in [-0.25, -0.2) is 0 Å². The van der Waals surface area contributed by atoms with Crippen molar-refractivity contribution in [1.29, 1.82) is 0 Å². The number of piperazine rings is 1. The van der Waals surface area contributed by atoms with Gasteiger partial charge in [0, 0.05) is 57.6 Å². The summed E-state index contributed by atoms with van der Waals surface area (Å²) < 4.78 is 0. The minimum Gasteiger partial charge on any atom is -0.378 e. The predicted molar refractivity (Wildman–Crippen MR) is 94.4 cm³/mol. The fraction of sp³-hybridized carbons (Fsp3) is 0.500. The quantitative estimate of drug-likeness (QED) is 0.802. The van der Waals surface area contributed by atoms with E-state index in [1.165, 1.54) is 4.90 Å². The summed E-state index contributed by atoms with van der Waals surface area (Å²) in [5, 5.41) is 2.71. The lowest BCUT2D eigenvalue weighted by molar-refractivity contribution is -0.146. The van der Waals surface area contributed by atoms with E-state index in [4.69, 9.17) is 0 Å². The van der Waals surface area contributed by atoms with Gasteiger partial charge >= 0.3 is 11.8 Å². The number of benzene rings is 1. The first-order chi connectivity index (χ1) is 12.0. The molecule has 1 aliphatic carbocycles. The lowest BCUT2D eigenvalue weighted by atomic mass is 10.1. The second-order valence-electron chi connectivity index (χ2n) is 6.78. The molecule has 1 heterocycles. The van der Waals surface area contributed by atoms with Crippen LogP contribution in [0.4, 0.5) is 5.69 Å². The minimum absolute atomic E-state index is 0.0433. The maximum atomic E-state index is 12.7. The van der Waals surface area contributed by atoms with Gasteiger partial charge in [0.05, 0.1) is 0 Å². The first kappa shape index (κ1) is 17.3. The molecule has 1 aromatic carbocycles. The molecule has 2 fully saturated rings. The van der Waals surface area contributed by atoms with Crippen LogP contribution in [0.5, 0.6) is 0 Å². The van der Waals surface area contributed by atoms with Gasteiger partial charge in [-0.1, -0.05) is 6.07 Å². The van der Waals surface area contributed by atoms with Crippen molar-refractivity contribution in [2.45, 2.75) is 18.9 Å². The summed E-state index contributed by atoms with van der Waals surface area (Å²) in [6.45, 7) is 1.65. The summed E-state index contributed by atoms with van der Waals surface area (Å²) in [6.07, 6.45) is 1.90. The van der Waals surface area contributed by atoms with Gasteiger partial charge in [0.2, 0.25) is 0 Å². The molecule has 1 saturated heterocycles.